The number of benzene rings is 2. The van der Waals surface area contributed by atoms with E-state index in [-0.39, 0.29) is 12.1 Å². The van der Waals surface area contributed by atoms with Crippen LogP contribution in [0.3, 0.4) is 0 Å². The highest BCUT2D eigenvalue weighted by atomic mass is 16.5. The number of rotatable bonds is 8. The minimum atomic E-state index is -0.00344. The fraction of sp³-hybridized carbons (Fsp3) is 0.308. The first-order chi connectivity index (χ1) is 15.5. The van der Waals surface area contributed by atoms with Crippen LogP contribution in [0.4, 0.5) is 4.79 Å². The van der Waals surface area contributed by atoms with Gasteiger partial charge < -0.3 is 9.64 Å². The molecule has 0 bridgehead atoms. The third-order valence-corrected chi connectivity index (χ3v) is 6.10. The van der Waals surface area contributed by atoms with Gasteiger partial charge in [0.1, 0.15) is 5.75 Å². The monoisotopic (exact) mass is 430 g/mol. The summed E-state index contributed by atoms with van der Waals surface area (Å²) < 4.78 is 5.25. The van der Waals surface area contributed by atoms with E-state index in [1.54, 1.807) is 18.3 Å². The van der Waals surface area contributed by atoms with Crippen LogP contribution in [0, 0.1) is 13.8 Å². The van der Waals surface area contributed by atoms with Crippen molar-refractivity contribution in [3.05, 3.63) is 94.8 Å². The number of carbonyl (C=O) groups is 1. The Bertz CT molecular complexity index is 1050. The standard InChI is InChI=1S/C26H30N4O2/c1-19-7-10-22(16-20(19)2)25-18-30(28-17-23-6-4-5-14-27-23)26(31)29(25)15-13-21-8-11-24(32-3)12-9-21/h4-12,14,16,25,28H,13,15,17-18H2,1-3H3. The van der Waals surface area contributed by atoms with E-state index in [4.69, 9.17) is 4.74 Å². The topological polar surface area (TPSA) is 57.7 Å². The number of hydrazine groups is 1. The Labute approximate surface area is 189 Å². The lowest BCUT2D eigenvalue weighted by atomic mass is 10.0. The van der Waals surface area contributed by atoms with E-state index in [9.17, 15) is 4.79 Å². The molecule has 0 spiro atoms. The van der Waals surface area contributed by atoms with Gasteiger partial charge in [-0.1, -0.05) is 36.4 Å². The summed E-state index contributed by atoms with van der Waals surface area (Å²) in [6.45, 7) is 5.98. The van der Waals surface area contributed by atoms with E-state index in [0.717, 1.165) is 17.9 Å². The third kappa shape index (κ3) is 4.92. The van der Waals surface area contributed by atoms with Crippen molar-refractivity contribution in [3.63, 3.8) is 0 Å². The molecule has 1 aliphatic heterocycles. The minimum Gasteiger partial charge on any atom is -0.497 e. The van der Waals surface area contributed by atoms with Crippen LogP contribution < -0.4 is 10.2 Å². The largest absolute Gasteiger partial charge is 0.497 e. The summed E-state index contributed by atoms with van der Waals surface area (Å²) in [5.74, 6) is 0.837. The van der Waals surface area contributed by atoms with Gasteiger partial charge in [-0.2, -0.15) is 0 Å². The molecule has 2 aromatic carbocycles. The van der Waals surface area contributed by atoms with E-state index in [0.29, 0.717) is 19.6 Å². The number of nitrogens with one attached hydrogen (secondary N) is 1. The lowest BCUT2D eigenvalue weighted by Gasteiger charge is -2.24. The molecule has 1 N–H and O–H groups in total. The molecule has 1 aliphatic rings. The smallest absolute Gasteiger partial charge is 0.335 e. The molecule has 3 aromatic rings. The lowest BCUT2D eigenvalue weighted by Crippen LogP contribution is -2.41. The molecular formula is C26H30N4O2. The number of hydrogen-bond acceptors (Lipinski definition) is 4. The number of carbonyl (C=O) groups excluding carboxylic acids is 1. The maximum Gasteiger partial charge on any atom is 0.335 e. The molecule has 4 rings (SSSR count). The fourth-order valence-corrected chi connectivity index (χ4v) is 4.00. The number of amides is 2. The molecule has 1 unspecified atom stereocenters. The number of methoxy groups -OCH3 is 1. The highest BCUT2D eigenvalue weighted by Crippen LogP contribution is 2.30. The molecule has 1 aromatic heterocycles. The summed E-state index contributed by atoms with van der Waals surface area (Å²) in [4.78, 5) is 19.7. The van der Waals surface area contributed by atoms with E-state index in [2.05, 4.69) is 54.6 Å². The molecular weight excluding hydrogens is 400 g/mol. The predicted octanol–water partition coefficient (Wildman–Crippen LogP) is 4.43. The Hall–Kier alpha value is -3.38. The number of aromatic nitrogens is 1. The summed E-state index contributed by atoms with van der Waals surface area (Å²) in [5.41, 5.74) is 9.02. The van der Waals surface area contributed by atoms with Crippen molar-refractivity contribution in [3.8, 4) is 5.75 Å². The average molecular weight is 431 g/mol. The number of urea groups is 1. The molecule has 2 heterocycles. The van der Waals surface area contributed by atoms with E-state index >= 15 is 0 Å². The number of pyridine rings is 1. The normalized spacial score (nSPS) is 16.0. The van der Waals surface area contributed by atoms with Crippen molar-refractivity contribution in [1.29, 1.82) is 0 Å². The quantitative estimate of drug-likeness (QED) is 0.574. The van der Waals surface area contributed by atoms with Gasteiger partial charge in [0.05, 0.1) is 31.9 Å². The molecule has 0 aliphatic carbocycles. The van der Waals surface area contributed by atoms with Gasteiger partial charge in [-0.05, 0) is 66.8 Å². The van der Waals surface area contributed by atoms with Gasteiger partial charge in [-0.25, -0.2) is 10.2 Å². The zero-order valence-electron chi connectivity index (χ0n) is 18.9. The first-order valence-corrected chi connectivity index (χ1v) is 11.0. The maximum absolute atomic E-state index is 13.3. The second kappa shape index (κ2) is 9.83. The van der Waals surface area contributed by atoms with Crippen molar-refractivity contribution in [2.24, 2.45) is 0 Å². The Morgan fingerprint density at radius 1 is 1.06 bits per heavy atom. The van der Waals surface area contributed by atoms with E-state index < -0.39 is 0 Å². The van der Waals surface area contributed by atoms with Gasteiger partial charge >= 0.3 is 6.03 Å². The van der Waals surface area contributed by atoms with Crippen molar-refractivity contribution in [2.75, 3.05) is 20.2 Å². The van der Waals surface area contributed by atoms with Gasteiger partial charge in [0, 0.05) is 12.7 Å². The van der Waals surface area contributed by atoms with Gasteiger partial charge in [0.2, 0.25) is 0 Å². The maximum atomic E-state index is 13.3. The van der Waals surface area contributed by atoms with Gasteiger partial charge in [-0.3, -0.25) is 9.99 Å². The minimum absolute atomic E-state index is 0.00216. The molecule has 0 saturated carbocycles. The summed E-state index contributed by atoms with van der Waals surface area (Å²) in [6, 6.07) is 20.3. The molecule has 2 amide bonds. The lowest BCUT2D eigenvalue weighted by molar-refractivity contribution is 0.171. The highest BCUT2D eigenvalue weighted by Gasteiger charge is 2.38. The highest BCUT2D eigenvalue weighted by molar-refractivity contribution is 5.77. The Balaban J connectivity index is 1.51. The van der Waals surface area contributed by atoms with Crippen molar-refractivity contribution in [1.82, 2.24) is 20.3 Å². The van der Waals surface area contributed by atoms with E-state index in [1.807, 2.05) is 35.2 Å². The SMILES string of the molecule is COc1ccc(CCN2C(=O)N(NCc3ccccn3)CC2c2ccc(C)c(C)c2)cc1. The molecule has 0 radical (unpaired) electrons. The van der Waals surface area contributed by atoms with Gasteiger partial charge in [0.25, 0.3) is 0 Å². The van der Waals surface area contributed by atoms with Crippen molar-refractivity contribution in [2.45, 2.75) is 32.9 Å². The van der Waals surface area contributed by atoms with Crippen molar-refractivity contribution >= 4 is 6.03 Å². The van der Waals surface area contributed by atoms with E-state index in [1.165, 1.54) is 22.3 Å². The average Bonchev–Trinajstić information content (AvgIpc) is 3.14. The first kappa shape index (κ1) is 21.8. The Morgan fingerprint density at radius 2 is 1.88 bits per heavy atom. The molecule has 1 atom stereocenters. The first-order valence-electron chi connectivity index (χ1n) is 11.0. The summed E-state index contributed by atoms with van der Waals surface area (Å²) in [6.07, 6.45) is 2.55. The molecule has 1 saturated heterocycles. The predicted molar refractivity (Wildman–Crippen MR) is 125 cm³/mol. The second-order valence-corrected chi connectivity index (χ2v) is 8.20. The molecule has 6 heteroatoms. The summed E-state index contributed by atoms with van der Waals surface area (Å²) >= 11 is 0. The van der Waals surface area contributed by atoms with Crippen LogP contribution in [-0.2, 0) is 13.0 Å². The molecule has 1 fully saturated rings. The molecule has 6 nitrogen and oxygen atoms in total. The summed E-state index contributed by atoms with van der Waals surface area (Å²) in [7, 11) is 1.67. The number of nitrogens with zero attached hydrogens (tertiary/aromatic N) is 3. The van der Waals surface area contributed by atoms with Crippen LogP contribution in [-0.4, -0.2) is 41.1 Å². The van der Waals surface area contributed by atoms with Crippen LogP contribution >= 0.6 is 0 Å². The Morgan fingerprint density at radius 3 is 2.56 bits per heavy atom. The zero-order chi connectivity index (χ0) is 22.5. The van der Waals surface area contributed by atoms with Gasteiger partial charge in [0.15, 0.2) is 0 Å². The molecule has 32 heavy (non-hydrogen) atoms. The fourth-order valence-electron chi connectivity index (χ4n) is 4.00. The number of aryl methyl sites for hydroxylation is 2. The van der Waals surface area contributed by atoms with Crippen LogP contribution in [0.5, 0.6) is 5.75 Å². The van der Waals surface area contributed by atoms with Crippen LogP contribution in [0.1, 0.15) is 34.0 Å². The second-order valence-electron chi connectivity index (χ2n) is 8.20. The van der Waals surface area contributed by atoms with Crippen molar-refractivity contribution < 1.29 is 9.53 Å². The molecule has 166 valence electrons. The number of hydrogen-bond donors (Lipinski definition) is 1. The zero-order valence-corrected chi connectivity index (χ0v) is 18.9. The van der Waals surface area contributed by atoms with Crippen LogP contribution in [0.25, 0.3) is 0 Å². The Kier molecular flexibility index (Phi) is 6.71. The van der Waals surface area contributed by atoms with Gasteiger partial charge in [-0.15, -0.1) is 0 Å². The number of ether oxygens (including phenoxy) is 1. The van der Waals surface area contributed by atoms with Crippen LogP contribution in [0.15, 0.2) is 66.9 Å². The van der Waals surface area contributed by atoms with Crippen LogP contribution in [0.2, 0.25) is 0 Å². The summed E-state index contributed by atoms with van der Waals surface area (Å²) in [5, 5.41) is 1.72. The third-order valence-electron chi connectivity index (χ3n) is 6.10.